The topological polar surface area (TPSA) is 35.2 Å². The van der Waals surface area contributed by atoms with E-state index in [-0.39, 0.29) is 0 Å². The normalized spacial score (nSPS) is 10.5. The van der Waals surface area contributed by atoms with Gasteiger partial charge in [0, 0.05) is 10.0 Å². The first-order chi connectivity index (χ1) is 9.19. The molecule has 0 fully saturated rings. The van der Waals surface area contributed by atoms with Gasteiger partial charge in [0.1, 0.15) is 12.4 Å². The van der Waals surface area contributed by atoms with Gasteiger partial charge in [0.15, 0.2) is 0 Å². The monoisotopic (exact) mass is 295 g/mol. The summed E-state index contributed by atoms with van der Waals surface area (Å²) >= 11 is 11.8. The molecular formula is C15H15Cl2NO. The van der Waals surface area contributed by atoms with Crippen molar-refractivity contribution in [1.29, 1.82) is 0 Å². The Morgan fingerprint density at radius 2 is 1.63 bits per heavy atom. The number of benzene rings is 2. The van der Waals surface area contributed by atoms with Gasteiger partial charge in [-0.25, -0.2) is 0 Å². The average Bonchev–Trinajstić information content (AvgIpc) is 2.40. The van der Waals surface area contributed by atoms with Crippen molar-refractivity contribution < 1.29 is 4.74 Å². The van der Waals surface area contributed by atoms with Gasteiger partial charge in [-0.3, -0.25) is 0 Å². The zero-order valence-corrected chi connectivity index (χ0v) is 11.9. The van der Waals surface area contributed by atoms with Crippen LogP contribution in [0.3, 0.4) is 0 Å². The van der Waals surface area contributed by atoms with E-state index in [0.717, 1.165) is 28.3 Å². The van der Waals surface area contributed by atoms with Crippen molar-refractivity contribution in [2.24, 2.45) is 5.73 Å². The maximum absolute atomic E-state index is 5.98. The van der Waals surface area contributed by atoms with Crippen LogP contribution in [0.25, 0.3) is 0 Å². The van der Waals surface area contributed by atoms with Crippen molar-refractivity contribution in [3.63, 3.8) is 0 Å². The average molecular weight is 296 g/mol. The van der Waals surface area contributed by atoms with Gasteiger partial charge < -0.3 is 10.5 Å². The Labute approximate surface area is 123 Å². The Balaban J connectivity index is 2.08. The Bertz CT molecular complexity index is 540. The number of ether oxygens (including phenoxy) is 1. The van der Waals surface area contributed by atoms with Crippen LogP contribution in [0, 0.1) is 0 Å². The fraction of sp³-hybridized carbons (Fsp3) is 0.200. The highest BCUT2D eigenvalue weighted by Gasteiger charge is 2.04. The summed E-state index contributed by atoms with van der Waals surface area (Å²) in [5.74, 6) is 0.824. The van der Waals surface area contributed by atoms with Gasteiger partial charge in [-0.1, -0.05) is 35.3 Å². The van der Waals surface area contributed by atoms with Crippen molar-refractivity contribution >= 4 is 23.2 Å². The first-order valence-corrected chi connectivity index (χ1v) is 6.80. The lowest BCUT2D eigenvalue weighted by Crippen LogP contribution is -2.05. The second-order valence-corrected chi connectivity index (χ2v) is 5.08. The molecule has 0 spiro atoms. The zero-order chi connectivity index (χ0) is 13.7. The molecule has 2 N–H and O–H groups in total. The lowest BCUT2D eigenvalue weighted by molar-refractivity contribution is 0.303. The highest BCUT2D eigenvalue weighted by atomic mass is 35.5. The van der Waals surface area contributed by atoms with Crippen LogP contribution in [0.4, 0.5) is 0 Å². The Kier molecular flexibility index (Phi) is 5.08. The van der Waals surface area contributed by atoms with Crippen molar-refractivity contribution in [3.8, 4) is 5.75 Å². The minimum atomic E-state index is 0.496. The number of nitrogens with two attached hydrogens (primary N) is 1. The van der Waals surface area contributed by atoms with Crippen LogP contribution in [0.5, 0.6) is 5.75 Å². The van der Waals surface area contributed by atoms with Crippen LogP contribution in [-0.4, -0.2) is 6.54 Å². The van der Waals surface area contributed by atoms with E-state index in [2.05, 4.69) is 0 Å². The van der Waals surface area contributed by atoms with E-state index in [1.165, 1.54) is 0 Å². The van der Waals surface area contributed by atoms with Gasteiger partial charge in [0.05, 0.1) is 0 Å². The summed E-state index contributed by atoms with van der Waals surface area (Å²) in [6, 6.07) is 13.2. The summed E-state index contributed by atoms with van der Waals surface area (Å²) in [6.07, 6.45) is 0.747. The van der Waals surface area contributed by atoms with E-state index >= 15 is 0 Å². The molecular weight excluding hydrogens is 281 g/mol. The fourth-order valence-corrected chi connectivity index (χ4v) is 2.10. The molecule has 2 nitrogen and oxygen atoms in total. The predicted molar refractivity (Wildman–Crippen MR) is 80.0 cm³/mol. The second kappa shape index (κ2) is 6.80. The minimum Gasteiger partial charge on any atom is -0.489 e. The maximum Gasteiger partial charge on any atom is 0.123 e. The summed E-state index contributed by atoms with van der Waals surface area (Å²) in [7, 11) is 0. The van der Waals surface area contributed by atoms with E-state index in [1.807, 2.05) is 42.5 Å². The molecule has 0 radical (unpaired) electrons. The Morgan fingerprint density at radius 3 is 2.32 bits per heavy atom. The van der Waals surface area contributed by atoms with E-state index < -0.39 is 0 Å². The van der Waals surface area contributed by atoms with Crippen LogP contribution in [-0.2, 0) is 13.0 Å². The molecule has 0 saturated heterocycles. The van der Waals surface area contributed by atoms with Gasteiger partial charge in [0.25, 0.3) is 0 Å². The van der Waals surface area contributed by atoms with Crippen LogP contribution < -0.4 is 10.5 Å². The summed E-state index contributed by atoms with van der Waals surface area (Å²) < 4.78 is 5.81. The summed E-state index contributed by atoms with van der Waals surface area (Å²) in [5, 5.41) is 1.42. The molecule has 4 heteroatoms. The number of hydrogen-bond donors (Lipinski definition) is 1. The third-order valence-electron chi connectivity index (χ3n) is 2.74. The second-order valence-electron chi connectivity index (χ2n) is 4.21. The van der Waals surface area contributed by atoms with Gasteiger partial charge in [-0.2, -0.15) is 0 Å². The highest BCUT2D eigenvalue weighted by molar-refractivity contribution is 6.30. The number of hydrogen-bond acceptors (Lipinski definition) is 2. The Hall–Kier alpha value is -1.22. The molecule has 0 unspecified atom stereocenters. The van der Waals surface area contributed by atoms with Gasteiger partial charge in [-0.15, -0.1) is 0 Å². The smallest absolute Gasteiger partial charge is 0.123 e. The lowest BCUT2D eigenvalue weighted by Gasteiger charge is -2.11. The van der Waals surface area contributed by atoms with Crippen molar-refractivity contribution in [1.82, 2.24) is 0 Å². The standard InChI is InChI=1S/C15H15Cl2NO/c16-13-3-1-11(2-4-13)10-19-15-6-5-14(17)9-12(15)7-8-18/h1-6,9H,7-8,10,18H2. The molecule has 2 aromatic carbocycles. The van der Waals surface area contributed by atoms with Crippen molar-refractivity contribution in [2.75, 3.05) is 6.54 Å². The molecule has 2 rings (SSSR count). The minimum absolute atomic E-state index is 0.496. The van der Waals surface area contributed by atoms with Crippen molar-refractivity contribution in [3.05, 3.63) is 63.6 Å². The molecule has 0 aliphatic rings. The third-order valence-corrected chi connectivity index (χ3v) is 3.23. The van der Waals surface area contributed by atoms with E-state index in [1.54, 1.807) is 0 Å². The molecule has 0 amide bonds. The van der Waals surface area contributed by atoms with Gasteiger partial charge >= 0.3 is 0 Å². The van der Waals surface area contributed by atoms with Crippen LogP contribution in [0.15, 0.2) is 42.5 Å². The molecule has 0 bridgehead atoms. The summed E-state index contributed by atoms with van der Waals surface area (Å²) in [5.41, 5.74) is 7.69. The van der Waals surface area contributed by atoms with Crippen molar-refractivity contribution in [2.45, 2.75) is 13.0 Å². The third kappa shape index (κ3) is 4.13. The molecule has 0 aliphatic carbocycles. The quantitative estimate of drug-likeness (QED) is 0.902. The molecule has 2 aromatic rings. The maximum atomic E-state index is 5.98. The predicted octanol–water partition coefficient (Wildman–Crippen LogP) is 4.07. The fourth-order valence-electron chi connectivity index (χ4n) is 1.78. The molecule has 0 saturated carbocycles. The largest absolute Gasteiger partial charge is 0.489 e. The summed E-state index contributed by atoms with van der Waals surface area (Å²) in [6.45, 7) is 1.06. The van der Waals surface area contributed by atoms with E-state index in [4.69, 9.17) is 33.7 Å². The van der Waals surface area contributed by atoms with Crippen LogP contribution in [0.1, 0.15) is 11.1 Å². The Morgan fingerprint density at radius 1 is 0.947 bits per heavy atom. The molecule has 0 heterocycles. The zero-order valence-electron chi connectivity index (χ0n) is 10.4. The SMILES string of the molecule is NCCc1cc(Cl)ccc1OCc1ccc(Cl)cc1. The number of rotatable bonds is 5. The highest BCUT2D eigenvalue weighted by Crippen LogP contribution is 2.24. The molecule has 0 atom stereocenters. The van der Waals surface area contributed by atoms with Crippen LogP contribution in [0.2, 0.25) is 10.0 Å². The molecule has 19 heavy (non-hydrogen) atoms. The molecule has 0 aromatic heterocycles. The lowest BCUT2D eigenvalue weighted by atomic mass is 10.1. The van der Waals surface area contributed by atoms with E-state index in [0.29, 0.717) is 18.2 Å². The molecule has 0 aliphatic heterocycles. The number of halogens is 2. The van der Waals surface area contributed by atoms with Gasteiger partial charge in [0.2, 0.25) is 0 Å². The van der Waals surface area contributed by atoms with E-state index in [9.17, 15) is 0 Å². The summed E-state index contributed by atoms with van der Waals surface area (Å²) in [4.78, 5) is 0. The van der Waals surface area contributed by atoms with Crippen LogP contribution >= 0.6 is 23.2 Å². The molecule has 100 valence electrons. The van der Waals surface area contributed by atoms with Gasteiger partial charge in [-0.05, 0) is 54.4 Å². The first kappa shape index (κ1) is 14.2. The first-order valence-electron chi connectivity index (χ1n) is 6.05.